The largest absolute Gasteiger partial charge is 0.383 e. The van der Waals surface area contributed by atoms with Crippen molar-refractivity contribution in [2.75, 3.05) is 44.9 Å². The third-order valence-electron chi connectivity index (χ3n) is 3.91. The van der Waals surface area contributed by atoms with Crippen molar-refractivity contribution < 1.29 is 9.47 Å². The van der Waals surface area contributed by atoms with Gasteiger partial charge in [0.2, 0.25) is 0 Å². The number of nitrogens with one attached hydrogen (secondary N) is 1. The van der Waals surface area contributed by atoms with Gasteiger partial charge in [-0.1, -0.05) is 18.2 Å². The molecule has 1 fully saturated rings. The van der Waals surface area contributed by atoms with Crippen molar-refractivity contribution in [3.63, 3.8) is 0 Å². The third kappa shape index (κ3) is 4.99. The quantitative estimate of drug-likeness (QED) is 0.746. The number of ether oxygens (including phenoxy) is 2. The second-order valence-corrected chi connectivity index (χ2v) is 5.46. The highest BCUT2D eigenvalue weighted by atomic mass is 16.5. The zero-order chi connectivity index (χ0) is 14.9. The number of rotatable bonds is 8. The van der Waals surface area contributed by atoms with E-state index in [-0.39, 0.29) is 0 Å². The Bertz CT molecular complexity index is 410. The molecule has 21 heavy (non-hydrogen) atoms. The Morgan fingerprint density at radius 1 is 1.33 bits per heavy atom. The van der Waals surface area contributed by atoms with Crippen LogP contribution in [0.1, 0.15) is 25.3 Å². The van der Waals surface area contributed by atoms with Crippen LogP contribution >= 0.6 is 0 Å². The molecular formula is C17H28N2O2. The van der Waals surface area contributed by atoms with Crippen LogP contribution in [0.5, 0.6) is 0 Å². The van der Waals surface area contributed by atoms with Crippen LogP contribution in [0.2, 0.25) is 0 Å². The van der Waals surface area contributed by atoms with E-state index in [2.05, 4.69) is 41.4 Å². The molecule has 0 aromatic heterocycles. The van der Waals surface area contributed by atoms with Crippen molar-refractivity contribution in [2.45, 2.75) is 32.4 Å². The van der Waals surface area contributed by atoms with Crippen LogP contribution in [0.4, 0.5) is 5.69 Å². The van der Waals surface area contributed by atoms with Gasteiger partial charge in [-0.2, -0.15) is 0 Å². The Morgan fingerprint density at radius 2 is 2.19 bits per heavy atom. The summed E-state index contributed by atoms with van der Waals surface area (Å²) in [6.07, 6.45) is 2.76. The van der Waals surface area contributed by atoms with Crippen molar-refractivity contribution in [3.05, 3.63) is 29.8 Å². The fourth-order valence-corrected chi connectivity index (χ4v) is 2.89. The molecule has 0 saturated carbocycles. The second kappa shape index (κ2) is 9.03. The molecule has 1 saturated heterocycles. The predicted molar refractivity (Wildman–Crippen MR) is 86.9 cm³/mol. The molecule has 0 radical (unpaired) electrons. The van der Waals surface area contributed by atoms with Gasteiger partial charge in [0.1, 0.15) is 0 Å². The number of benzene rings is 1. The number of anilines is 1. The van der Waals surface area contributed by atoms with E-state index in [9.17, 15) is 0 Å². The molecule has 0 amide bonds. The van der Waals surface area contributed by atoms with Gasteiger partial charge in [0.25, 0.3) is 0 Å². The van der Waals surface area contributed by atoms with Crippen molar-refractivity contribution in [3.8, 4) is 0 Å². The average molecular weight is 292 g/mol. The highest BCUT2D eigenvalue weighted by Crippen LogP contribution is 2.25. The molecule has 1 aliphatic rings. The minimum atomic E-state index is 0.373. The Hall–Kier alpha value is -1.10. The first-order chi connectivity index (χ1) is 10.3. The first-order valence-corrected chi connectivity index (χ1v) is 7.99. The molecule has 4 heteroatoms. The summed E-state index contributed by atoms with van der Waals surface area (Å²) in [6, 6.07) is 8.67. The Kier molecular flexibility index (Phi) is 7.00. The maximum Gasteiger partial charge on any atom is 0.0750 e. The fourth-order valence-electron chi connectivity index (χ4n) is 2.89. The van der Waals surface area contributed by atoms with E-state index in [1.165, 1.54) is 24.1 Å². The zero-order valence-corrected chi connectivity index (χ0v) is 13.3. The topological polar surface area (TPSA) is 33.7 Å². The Labute approximate surface area is 128 Å². The van der Waals surface area contributed by atoms with Gasteiger partial charge in [0.15, 0.2) is 0 Å². The van der Waals surface area contributed by atoms with E-state index >= 15 is 0 Å². The van der Waals surface area contributed by atoms with Gasteiger partial charge in [-0.15, -0.1) is 0 Å². The van der Waals surface area contributed by atoms with Gasteiger partial charge in [-0.3, -0.25) is 0 Å². The van der Waals surface area contributed by atoms with E-state index in [1.807, 2.05) is 0 Å². The summed E-state index contributed by atoms with van der Waals surface area (Å²) in [6.45, 7) is 7.52. The van der Waals surface area contributed by atoms with Crippen molar-refractivity contribution in [1.82, 2.24) is 5.32 Å². The Balaban J connectivity index is 1.97. The second-order valence-electron chi connectivity index (χ2n) is 5.46. The van der Waals surface area contributed by atoms with E-state index in [0.717, 1.165) is 39.4 Å². The molecule has 1 atom stereocenters. The molecule has 1 aromatic rings. The SMILES string of the molecule is CCOC1CCCN(c2ccccc2CNCCOC)C1. The van der Waals surface area contributed by atoms with Gasteiger partial charge in [0, 0.05) is 45.6 Å². The highest BCUT2D eigenvalue weighted by Gasteiger charge is 2.21. The van der Waals surface area contributed by atoms with Crippen molar-refractivity contribution in [1.29, 1.82) is 0 Å². The normalized spacial score (nSPS) is 19.0. The lowest BCUT2D eigenvalue weighted by Crippen LogP contribution is -2.40. The minimum Gasteiger partial charge on any atom is -0.383 e. The number of para-hydroxylation sites is 1. The lowest BCUT2D eigenvalue weighted by molar-refractivity contribution is 0.0526. The van der Waals surface area contributed by atoms with Gasteiger partial charge in [0.05, 0.1) is 12.7 Å². The molecule has 1 aliphatic heterocycles. The van der Waals surface area contributed by atoms with Crippen LogP contribution in [-0.4, -0.2) is 46.1 Å². The predicted octanol–water partition coefficient (Wildman–Crippen LogP) is 2.43. The number of piperidine rings is 1. The standard InChI is InChI=1S/C17H28N2O2/c1-3-21-16-8-6-11-19(14-16)17-9-5-4-7-15(17)13-18-10-12-20-2/h4-5,7,9,16,18H,3,6,8,10-14H2,1-2H3. The maximum atomic E-state index is 5.81. The summed E-state index contributed by atoms with van der Waals surface area (Å²) in [5, 5.41) is 3.44. The highest BCUT2D eigenvalue weighted by molar-refractivity contribution is 5.54. The molecule has 2 rings (SSSR count). The first kappa shape index (κ1) is 16.3. The molecule has 0 spiro atoms. The molecule has 0 bridgehead atoms. The van der Waals surface area contributed by atoms with E-state index in [0.29, 0.717) is 6.10 Å². The van der Waals surface area contributed by atoms with Crippen LogP contribution in [0.25, 0.3) is 0 Å². The fraction of sp³-hybridized carbons (Fsp3) is 0.647. The van der Waals surface area contributed by atoms with Gasteiger partial charge >= 0.3 is 0 Å². The number of hydrogen-bond donors (Lipinski definition) is 1. The van der Waals surface area contributed by atoms with Crippen LogP contribution in [0, 0.1) is 0 Å². The average Bonchev–Trinajstić information content (AvgIpc) is 2.53. The first-order valence-electron chi connectivity index (χ1n) is 7.99. The number of methoxy groups -OCH3 is 1. The zero-order valence-electron chi connectivity index (χ0n) is 13.3. The number of nitrogens with zero attached hydrogens (tertiary/aromatic N) is 1. The molecule has 118 valence electrons. The summed E-state index contributed by atoms with van der Waals surface area (Å²) in [5.74, 6) is 0. The summed E-state index contributed by atoms with van der Waals surface area (Å²) in [5.41, 5.74) is 2.69. The molecular weight excluding hydrogens is 264 g/mol. The molecule has 4 nitrogen and oxygen atoms in total. The van der Waals surface area contributed by atoms with Crippen LogP contribution in [-0.2, 0) is 16.0 Å². The molecule has 1 N–H and O–H groups in total. The summed E-state index contributed by atoms with van der Waals surface area (Å²) < 4.78 is 10.9. The number of hydrogen-bond acceptors (Lipinski definition) is 4. The van der Waals surface area contributed by atoms with E-state index in [4.69, 9.17) is 9.47 Å². The summed E-state index contributed by atoms with van der Waals surface area (Å²) in [4.78, 5) is 2.47. The molecule has 1 aromatic carbocycles. The maximum absolute atomic E-state index is 5.81. The third-order valence-corrected chi connectivity index (χ3v) is 3.91. The van der Waals surface area contributed by atoms with Gasteiger partial charge in [-0.05, 0) is 31.4 Å². The summed E-state index contributed by atoms with van der Waals surface area (Å²) in [7, 11) is 1.73. The van der Waals surface area contributed by atoms with Gasteiger partial charge < -0.3 is 19.7 Å². The molecule has 1 heterocycles. The molecule has 0 aliphatic carbocycles. The van der Waals surface area contributed by atoms with E-state index < -0.39 is 0 Å². The lowest BCUT2D eigenvalue weighted by atomic mass is 10.0. The Morgan fingerprint density at radius 3 is 3.00 bits per heavy atom. The van der Waals surface area contributed by atoms with Crippen LogP contribution in [0.3, 0.4) is 0 Å². The minimum absolute atomic E-state index is 0.373. The van der Waals surface area contributed by atoms with Crippen molar-refractivity contribution >= 4 is 5.69 Å². The van der Waals surface area contributed by atoms with Crippen molar-refractivity contribution in [2.24, 2.45) is 0 Å². The smallest absolute Gasteiger partial charge is 0.0750 e. The molecule has 1 unspecified atom stereocenters. The monoisotopic (exact) mass is 292 g/mol. The summed E-state index contributed by atoms with van der Waals surface area (Å²) >= 11 is 0. The lowest BCUT2D eigenvalue weighted by Gasteiger charge is -2.35. The van der Waals surface area contributed by atoms with E-state index in [1.54, 1.807) is 7.11 Å². The van der Waals surface area contributed by atoms with Crippen LogP contribution in [0.15, 0.2) is 24.3 Å². The van der Waals surface area contributed by atoms with Crippen LogP contribution < -0.4 is 10.2 Å². The van der Waals surface area contributed by atoms with Gasteiger partial charge in [-0.25, -0.2) is 0 Å².